The van der Waals surface area contributed by atoms with Gasteiger partial charge in [-0.15, -0.1) is 6.58 Å². The van der Waals surface area contributed by atoms with Crippen molar-refractivity contribution in [3.63, 3.8) is 0 Å². The molecule has 0 aliphatic carbocycles. The van der Waals surface area contributed by atoms with Gasteiger partial charge in [-0.1, -0.05) is 5.57 Å². The third-order valence-corrected chi connectivity index (χ3v) is 1.89. The Balaban J connectivity index is 2.72. The van der Waals surface area contributed by atoms with Gasteiger partial charge in [0.05, 0.1) is 6.04 Å². The number of hydrogen-bond donors (Lipinski definition) is 2. The van der Waals surface area contributed by atoms with Crippen LogP contribution >= 0.6 is 11.6 Å². The van der Waals surface area contributed by atoms with Crippen molar-refractivity contribution >= 4 is 11.6 Å². The third kappa shape index (κ3) is 2.88. The molecule has 3 nitrogen and oxygen atoms in total. The van der Waals surface area contributed by atoms with Crippen LogP contribution < -0.4 is 11.3 Å². The molecule has 3 N–H and O–H groups in total. The zero-order chi connectivity index (χ0) is 9.84. The monoisotopic (exact) mass is 200 g/mol. The molecule has 72 valence electrons. The number of hydrazine groups is 1. The first kappa shape index (κ1) is 10.3. The van der Waals surface area contributed by atoms with Crippen LogP contribution in [0.5, 0.6) is 0 Å². The molecular formula is C9H13ClN2O. The molecule has 4 heteroatoms. The van der Waals surface area contributed by atoms with Gasteiger partial charge < -0.3 is 4.42 Å². The van der Waals surface area contributed by atoms with E-state index in [0.717, 1.165) is 17.8 Å². The Morgan fingerprint density at radius 1 is 1.77 bits per heavy atom. The summed E-state index contributed by atoms with van der Waals surface area (Å²) in [6.07, 6.45) is 0.736. The summed E-state index contributed by atoms with van der Waals surface area (Å²) in [6.45, 7) is 5.74. The van der Waals surface area contributed by atoms with Crippen LogP contribution in [0.1, 0.15) is 25.1 Å². The van der Waals surface area contributed by atoms with Crippen molar-refractivity contribution in [2.75, 3.05) is 0 Å². The van der Waals surface area contributed by atoms with Gasteiger partial charge in [-0.3, -0.25) is 5.84 Å². The van der Waals surface area contributed by atoms with Crippen molar-refractivity contribution in [1.29, 1.82) is 0 Å². The normalized spacial score (nSPS) is 12.8. The first-order valence-electron chi connectivity index (χ1n) is 3.99. The van der Waals surface area contributed by atoms with Crippen LogP contribution in [-0.2, 0) is 0 Å². The SMILES string of the molecule is C=C(C)CC(NN)c1ccc(Cl)o1. The second kappa shape index (κ2) is 4.46. The van der Waals surface area contributed by atoms with E-state index >= 15 is 0 Å². The molecule has 0 saturated carbocycles. The van der Waals surface area contributed by atoms with E-state index in [4.69, 9.17) is 21.9 Å². The smallest absolute Gasteiger partial charge is 0.193 e. The first-order chi connectivity index (χ1) is 6.13. The summed E-state index contributed by atoms with van der Waals surface area (Å²) in [5.41, 5.74) is 3.69. The van der Waals surface area contributed by atoms with Gasteiger partial charge in [0.2, 0.25) is 0 Å². The Labute approximate surface area is 82.5 Å². The van der Waals surface area contributed by atoms with Crippen LogP contribution in [0.2, 0.25) is 5.22 Å². The zero-order valence-corrected chi connectivity index (χ0v) is 8.27. The van der Waals surface area contributed by atoms with Gasteiger partial charge in [0.25, 0.3) is 0 Å². The summed E-state index contributed by atoms with van der Waals surface area (Å²) in [4.78, 5) is 0. The maximum absolute atomic E-state index is 5.64. The molecule has 0 saturated heterocycles. The quantitative estimate of drug-likeness (QED) is 0.446. The highest BCUT2D eigenvalue weighted by molar-refractivity contribution is 6.28. The van der Waals surface area contributed by atoms with E-state index in [1.54, 1.807) is 12.1 Å². The lowest BCUT2D eigenvalue weighted by molar-refractivity contribution is 0.416. The fraction of sp³-hybridized carbons (Fsp3) is 0.333. The maximum Gasteiger partial charge on any atom is 0.193 e. The minimum atomic E-state index is -0.0509. The van der Waals surface area contributed by atoms with E-state index < -0.39 is 0 Å². The number of furan rings is 1. The molecule has 1 unspecified atom stereocenters. The van der Waals surface area contributed by atoms with Crippen LogP contribution in [0.25, 0.3) is 0 Å². The average molecular weight is 201 g/mol. The largest absolute Gasteiger partial charge is 0.448 e. The van der Waals surface area contributed by atoms with Crippen molar-refractivity contribution in [3.8, 4) is 0 Å². The Hall–Kier alpha value is -0.770. The zero-order valence-electron chi connectivity index (χ0n) is 7.51. The van der Waals surface area contributed by atoms with Gasteiger partial charge in [-0.05, 0) is 37.1 Å². The molecule has 0 fully saturated rings. The highest BCUT2D eigenvalue weighted by Crippen LogP contribution is 2.23. The summed E-state index contributed by atoms with van der Waals surface area (Å²) in [5.74, 6) is 6.10. The Kier molecular flexibility index (Phi) is 3.54. The lowest BCUT2D eigenvalue weighted by atomic mass is 10.1. The van der Waals surface area contributed by atoms with Crippen molar-refractivity contribution in [3.05, 3.63) is 35.3 Å². The van der Waals surface area contributed by atoms with Gasteiger partial charge in [-0.2, -0.15) is 0 Å². The summed E-state index contributed by atoms with van der Waals surface area (Å²) in [6, 6.07) is 3.44. The van der Waals surface area contributed by atoms with Crippen molar-refractivity contribution in [1.82, 2.24) is 5.43 Å². The van der Waals surface area contributed by atoms with Gasteiger partial charge in [0.1, 0.15) is 5.76 Å². The summed E-state index contributed by atoms with van der Waals surface area (Å²) in [5, 5.41) is 0.372. The van der Waals surface area contributed by atoms with Crippen LogP contribution in [0.3, 0.4) is 0 Å². The molecule has 13 heavy (non-hydrogen) atoms. The van der Waals surface area contributed by atoms with Crippen LogP contribution in [0, 0.1) is 0 Å². The molecule has 0 aliphatic rings. The maximum atomic E-state index is 5.64. The number of rotatable bonds is 4. The fourth-order valence-corrected chi connectivity index (χ4v) is 1.26. The predicted molar refractivity (Wildman–Crippen MR) is 53.2 cm³/mol. The van der Waals surface area contributed by atoms with E-state index in [-0.39, 0.29) is 6.04 Å². The van der Waals surface area contributed by atoms with E-state index in [2.05, 4.69) is 12.0 Å². The third-order valence-electron chi connectivity index (χ3n) is 1.69. The van der Waals surface area contributed by atoms with Gasteiger partial charge in [0, 0.05) is 0 Å². The molecule has 1 aromatic heterocycles. The minimum absolute atomic E-state index is 0.0509. The molecule has 0 aliphatic heterocycles. The summed E-state index contributed by atoms with van der Waals surface area (Å²) < 4.78 is 5.22. The Morgan fingerprint density at radius 3 is 2.85 bits per heavy atom. The average Bonchev–Trinajstić information content (AvgIpc) is 2.47. The van der Waals surface area contributed by atoms with E-state index in [1.807, 2.05) is 6.92 Å². The number of nitrogens with two attached hydrogens (primary N) is 1. The Morgan fingerprint density at radius 2 is 2.46 bits per heavy atom. The first-order valence-corrected chi connectivity index (χ1v) is 4.37. The van der Waals surface area contributed by atoms with E-state index in [1.165, 1.54) is 0 Å². The highest BCUT2D eigenvalue weighted by atomic mass is 35.5. The number of hydrogen-bond acceptors (Lipinski definition) is 3. The predicted octanol–water partition coefficient (Wildman–Crippen LogP) is 2.40. The van der Waals surface area contributed by atoms with Gasteiger partial charge in [0.15, 0.2) is 5.22 Å². The lowest BCUT2D eigenvalue weighted by Gasteiger charge is -2.12. The number of nitrogens with one attached hydrogen (secondary N) is 1. The molecule has 1 aromatic rings. The van der Waals surface area contributed by atoms with Crippen molar-refractivity contribution in [2.45, 2.75) is 19.4 Å². The second-order valence-corrected chi connectivity index (χ2v) is 3.39. The van der Waals surface area contributed by atoms with Crippen LogP contribution in [0.4, 0.5) is 0 Å². The molecule has 0 aromatic carbocycles. The molecule has 0 radical (unpaired) electrons. The molecule has 1 rings (SSSR count). The Bertz CT molecular complexity index is 296. The second-order valence-electron chi connectivity index (χ2n) is 3.02. The van der Waals surface area contributed by atoms with E-state index in [0.29, 0.717) is 5.22 Å². The van der Waals surface area contributed by atoms with Crippen LogP contribution in [0.15, 0.2) is 28.7 Å². The van der Waals surface area contributed by atoms with Crippen molar-refractivity contribution in [2.24, 2.45) is 5.84 Å². The lowest BCUT2D eigenvalue weighted by Crippen LogP contribution is -2.27. The fourth-order valence-electron chi connectivity index (χ4n) is 1.11. The molecule has 0 bridgehead atoms. The van der Waals surface area contributed by atoms with E-state index in [9.17, 15) is 0 Å². The minimum Gasteiger partial charge on any atom is -0.448 e. The number of halogens is 1. The molecule has 0 amide bonds. The van der Waals surface area contributed by atoms with Gasteiger partial charge >= 0.3 is 0 Å². The van der Waals surface area contributed by atoms with Gasteiger partial charge in [-0.25, -0.2) is 5.43 Å². The topological polar surface area (TPSA) is 51.2 Å². The standard InChI is InChI=1S/C9H13ClN2O/c1-6(2)5-7(12-11)8-3-4-9(10)13-8/h3-4,7,12H,1,5,11H2,2H3. The molecule has 1 atom stereocenters. The van der Waals surface area contributed by atoms with Crippen LogP contribution in [-0.4, -0.2) is 0 Å². The van der Waals surface area contributed by atoms with Crippen molar-refractivity contribution < 1.29 is 4.42 Å². The highest BCUT2D eigenvalue weighted by Gasteiger charge is 2.13. The summed E-state index contributed by atoms with van der Waals surface area (Å²) in [7, 11) is 0. The molecule has 1 heterocycles. The molecule has 0 spiro atoms. The summed E-state index contributed by atoms with van der Waals surface area (Å²) >= 11 is 5.64. The molecular weight excluding hydrogens is 188 g/mol.